The third kappa shape index (κ3) is 2.44. The first-order valence-electron chi connectivity index (χ1n) is 6.31. The molecular weight excluding hydrogens is 293 g/mol. The first kappa shape index (κ1) is 13.8. The second-order valence-corrected chi connectivity index (χ2v) is 4.86. The average molecular weight is 304 g/mol. The van der Waals surface area contributed by atoms with Gasteiger partial charge in [0.15, 0.2) is 5.76 Å². The van der Waals surface area contributed by atoms with Gasteiger partial charge in [-0.05, 0) is 18.2 Å². The number of nitrogens with zero attached hydrogens (tertiary/aromatic N) is 1. The molecule has 0 spiro atoms. The summed E-state index contributed by atoms with van der Waals surface area (Å²) in [6.45, 7) is -0.326. The molecule has 0 bridgehead atoms. The number of rotatable bonds is 3. The third-order valence-electron chi connectivity index (χ3n) is 3.19. The molecule has 0 aliphatic rings. The number of hydrogen-bond donors (Lipinski definition) is 1. The number of aliphatic hydroxyl groups is 1. The highest BCUT2D eigenvalue weighted by Gasteiger charge is 2.21. The van der Waals surface area contributed by atoms with Crippen molar-refractivity contribution in [2.75, 3.05) is 0 Å². The molecule has 0 saturated carbocycles. The maximum absolute atomic E-state index is 13.9. The van der Waals surface area contributed by atoms with Crippen molar-refractivity contribution in [3.05, 3.63) is 64.9 Å². The third-order valence-corrected chi connectivity index (χ3v) is 3.52. The standard InChI is InChI=1S/C16H11ClFNO2/c17-13-7-3-1-5-10(13)15-12(9-20)16(21-19-15)11-6-2-4-8-14(11)18/h1-8,20H,9H2. The van der Waals surface area contributed by atoms with Crippen LogP contribution in [-0.2, 0) is 6.61 Å². The van der Waals surface area contributed by atoms with E-state index in [0.717, 1.165) is 0 Å². The fourth-order valence-electron chi connectivity index (χ4n) is 2.18. The normalized spacial score (nSPS) is 10.8. The molecule has 0 radical (unpaired) electrons. The second-order valence-electron chi connectivity index (χ2n) is 4.46. The molecule has 21 heavy (non-hydrogen) atoms. The van der Waals surface area contributed by atoms with Gasteiger partial charge >= 0.3 is 0 Å². The van der Waals surface area contributed by atoms with E-state index in [-0.39, 0.29) is 17.9 Å². The first-order chi connectivity index (χ1) is 10.2. The summed E-state index contributed by atoms with van der Waals surface area (Å²) in [7, 11) is 0. The quantitative estimate of drug-likeness (QED) is 0.785. The topological polar surface area (TPSA) is 46.3 Å². The lowest BCUT2D eigenvalue weighted by Gasteiger charge is -2.03. The van der Waals surface area contributed by atoms with Gasteiger partial charge in [0, 0.05) is 5.56 Å². The van der Waals surface area contributed by atoms with Crippen molar-refractivity contribution >= 4 is 11.6 Å². The summed E-state index contributed by atoms with van der Waals surface area (Å²) in [6, 6.07) is 13.3. The van der Waals surface area contributed by atoms with Gasteiger partial charge in [-0.3, -0.25) is 0 Å². The van der Waals surface area contributed by atoms with Gasteiger partial charge in [0.25, 0.3) is 0 Å². The monoisotopic (exact) mass is 303 g/mol. The fourth-order valence-corrected chi connectivity index (χ4v) is 2.40. The number of aromatic nitrogens is 1. The molecule has 3 nitrogen and oxygen atoms in total. The SMILES string of the molecule is OCc1c(-c2ccccc2Cl)noc1-c1ccccc1F. The summed E-state index contributed by atoms with van der Waals surface area (Å²) >= 11 is 6.14. The van der Waals surface area contributed by atoms with Crippen molar-refractivity contribution in [2.45, 2.75) is 6.61 Å². The summed E-state index contributed by atoms with van der Waals surface area (Å²) in [6.07, 6.45) is 0. The maximum atomic E-state index is 13.9. The van der Waals surface area contributed by atoms with E-state index in [9.17, 15) is 9.50 Å². The Morgan fingerprint density at radius 2 is 1.71 bits per heavy atom. The molecule has 0 unspecified atom stereocenters. The van der Waals surface area contributed by atoms with Gasteiger partial charge in [-0.1, -0.05) is 47.1 Å². The van der Waals surface area contributed by atoms with E-state index in [0.29, 0.717) is 21.8 Å². The molecule has 5 heteroatoms. The lowest BCUT2D eigenvalue weighted by Crippen LogP contribution is -1.91. The zero-order chi connectivity index (χ0) is 14.8. The van der Waals surface area contributed by atoms with Gasteiger partial charge < -0.3 is 9.63 Å². The molecule has 1 heterocycles. The second kappa shape index (κ2) is 5.68. The summed E-state index contributed by atoms with van der Waals surface area (Å²) in [4.78, 5) is 0. The predicted octanol–water partition coefficient (Wildman–Crippen LogP) is 4.29. The van der Waals surface area contributed by atoms with Crippen LogP contribution in [0.5, 0.6) is 0 Å². The number of hydrogen-bond acceptors (Lipinski definition) is 3. The molecule has 1 aromatic heterocycles. The van der Waals surface area contributed by atoms with Gasteiger partial charge in [-0.25, -0.2) is 4.39 Å². The smallest absolute Gasteiger partial charge is 0.175 e. The number of aliphatic hydroxyl groups excluding tert-OH is 1. The van der Waals surface area contributed by atoms with Crippen molar-refractivity contribution in [1.29, 1.82) is 0 Å². The minimum Gasteiger partial charge on any atom is -0.391 e. The van der Waals surface area contributed by atoms with Gasteiger partial charge in [0.1, 0.15) is 11.5 Å². The number of benzene rings is 2. The molecule has 0 aliphatic carbocycles. The van der Waals surface area contributed by atoms with Crippen LogP contribution in [0.4, 0.5) is 4.39 Å². The van der Waals surface area contributed by atoms with Gasteiger partial charge in [0.05, 0.1) is 22.8 Å². The van der Waals surface area contributed by atoms with Crippen LogP contribution >= 0.6 is 11.6 Å². The molecule has 3 rings (SSSR count). The van der Waals surface area contributed by atoms with Crippen LogP contribution in [0.25, 0.3) is 22.6 Å². The summed E-state index contributed by atoms with van der Waals surface area (Å²) in [5.41, 5.74) is 1.72. The molecule has 0 atom stereocenters. The number of halogens is 2. The Morgan fingerprint density at radius 1 is 1.05 bits per heavy atom. The van der Waals surface area contributed by atoms with Crippen LogP contribution in [0, 0.1) is 5.82 Å². The van der Waals surface area contributed by atoms with Crippen LogP contribution in [-0.4, -0.2) is 10.3 Å². The minimum atomic E-state index is -0.436. The van der Waals surface area contributed by atoms with E-state index < -0.39 is 5.82 Å². The zero-order valence-corrected chi connectivity index (χ0v) is 11.6. The average Bonchev–Trinajstić information content (AvgIpc) is 2.91. The van der Waals surface area contributed by atoms with Crippen LogP contribution in [0.2, 0.25) is 5.02 Å². The van der Waals surface area contributed by atoms with Gasteiger partial charge in [-0.2, -0.15) is 0 Å². The molecule has 1 N–H and O–H groups in total. The summed E-state index contributed by atoms with van der Waals surface area (Å²) < 4.78 is 19.1. The largest absolute Gasteiger partial charge is 0.391 e. The fraction of sp³-hybridized carbons (Fsp3) is 0.0625. The lowest BCUT2D eigenvalue weighted by atomic mass is 10.0. The molecular formula is C16H11ClFNO2. The molecule has 0 aliphatic heterocycles. The molecule has 106 valence electrons. The van der Waals surface area contributed by atoms with Gasteiger partial charge in [0.2, 0.25) is 0 Å². The Hall–Kier alpha value is -2.17. The van der Waals surface area contributed by atoms with Crippen LogP contribution in [0.1, 0.15) is 5.56 Å². The van der Waals surface area contributed by atoms with E-state index in [1.807, 2.05) is 0 Å². The van der Waals surface area contributed by atoms with Crippen molar-refractivity contribution in [3.8, 4) is 22.6 Å². The summed E-state index contributed by atoms with van der Waals surface area (Å²) in [5, 5.41) is 14.1. The Labute approximate surface area is 125 Å². The molecule has 0 saturated heterocycles. The Kier molecular flexibility index (Phi) is 3.73. The molecule has 2 aromatic carbocycles. The van der Waals surface area contributed by atoms with Crippen LogP contribution < -0.4 is 0 Å². The van der Waals surface area contributed by atoms with Crippen LogP contribution in [0.15, 0.2) is 53.1 Å². The van der Waals surface area contributed by atoms with E-state index >= 15 is 0 Å². The zero-order valence-electron chi connectivity index (χ0n) is 10.9. The summed E-state index contributed by atoms with van der Waals surface area (Å²) in [5.74, 6) is -0.223. The lowest BCUT2D eigenvalue weighted by molar-refractivity contribution is 0.281. The Morgan fingerprint density at radius 3 is 2.38 bits per heavy atom. The van der Waals surface area contributed by atoms with Crippen molar-refractivity contribution in [3.63, 3.8) is 0 Å². The Balaban J connectivity index is 2.19. The minimum absolute atomic E-state index is 0.213. The van der Waals surface area contributed by atoms with Gasteiger partial charge in [-0.15, -0.1) is 0 Å². The molecule has 3 aromatic rings. The Bertz CT molecular complexity index is 722. The molecule has 0 fully saturated rings. The van der Waals surface area contributed by atoms with Crippen molar-refractivity contribution in [1.82, 2.24) is 5.16 Å². The highest BCUT2D eigenvalue weighted by atomic mass is 35.5. The van der Waals surface area contributed by atoms with E-state index in [1.165, 1.54) is 6.07 Å². The highest BCUT2D eigenvalue weighted by Crippen LogP contribution is 2.36. The van der Waals surface area contributed by atoms with Crippen molar-refractivity contribution in [2.24, 2.45) is 0 Å². The molecule has 0 amide bonds. The van der Waals surface area contributed by atoms with E-state index in [1.54, 1.807) is 42.5 Å². The van der Waals surface area contributed by atoms with E-state index in [2.05, 4.69) is 5.16 Å². The van der Waals surface area contributed by atoms with Crippen LogP contribution in [0.3, 0.4) is 0 Å². The first-order valence-corrected chi connectivity index (χ1v) is 6.69. The van der Waals surface area contributed by atoms with E-state index in [4.69, 9.17) is 16.1 Å². The van der Waals surface area contributed by atoms with Crippen molar-refractivity contribution < 1.29 is 14.0 Å². The predicted molar refractivity (Wildman–Crippen MR) is 78.3 cm³/mol. The maximum Gasteiger partial charge on any atom is 0.175 e. The highest BCUT2D eigenvalue weighted by molar-refractivity contribution is 6.33.